The zero-order chi connectivity index (χ0) is 25.4. The van der Waals surface area contributed by atoms with Gasteiger partial charge in [-0.05, 0) is 62.1 Å². The number of carbonyl (C=O) groups is 1. The third-order valence-electron chi connectivity index (χ3n) is 6.91. The van der Waals surface area contributed by atoms with Gasteiger partial charge in [0.15, 0.2) is 0 Å². The number of nitrogens with zero attached hydrogens (tertiary/aromatic N) is 3. The number of rotatable bonds is 5. The molecule has 3 aromatic rings. The fourth-order valence-corrected chi connectivity index (χ4v) is 5.45. The van der Waals surface area contributed by atoms with Crippen LogP contribution in [0, 0.1) is 25.5 Å². The van der Waals surface area contributed by atoms with E-state index in [4.69, 9.17) is 0 Å². The zero-order valence-corrected chi connectivity index (χ0v) is 20.2. The van der Waals surface area contributed by atoms with Gasteiger partial charge in [0, 0.05) is 67.1 Å². The Morgan fingerprint density at radius 1 is 1.14 bits per heavy atom. The number of hydrogen-bond donors (Lipinski definition) is 2. The zero-order valence-electron chi connectivity index (χ0n) is 20.2. The molecule has 188 valence electrons. The predicted octanol–water partition coefficient (Wildman–Crippen LogP) is 4.25. The lowest BCUT2D eigenvalue weighted by molar-refractivity contribution is 0.0951. The van der Waals surface area contributed by atoms with Gasteiger partial charge in [-0.15, -0.1) is 0 Å². The van der Waals surface area contributed by atoms with Gasteiger partial charge in [0.25, 0.3) is 5.91 Å². The monoisotopic (exact) mass is 495 g/mol. The number of nitrogens with one attached hydrogen (secondary N) is 2. The van der Waals surface area contributed by atoms with Crippen molar-refractivity contribution >= 4 is 11.6 Å². The average molecular weight is 496 g/mol. The molecule has 2 saturated heterocycles. The highest BCUT2D eigenvalue weighted by molar-refractivity contribution is 6.03. The summed E-state index contributed by atoms with van der Waals surface area (Å²) in [5.41, 5.74) is 3.80. The Balaban J connectivity index is 1.51. The second kappa shape index (κ2) is 9.54. The number of aryl methyl sites for hydroxylation is 2. The first kappa shape index (κ1) is 24.2. The van der Waals surface area contributed by atoms with Crippen LogP contribution in [0.5, 0.6) is 0 Å². The van der Waals surface area contributed by atoms with Crippen LogP contribution < -0.4 is 15.5 Å². The van der Waals surface area contributed by atoms with Crippen LogP contribution in [0.25, 0.3) is 11.1 Å². The molecule has 1 spiro atoms. The molecule has 2 fully saturated rings. The number of pyridine rings is 2. The molecule has 4 heterocycles. The van der Waals surface area contributed by atoms with Crippen molar-refractivity contribution in [1.29, 1.82) is 0 Å². The van der Waals surface area contributed by atoms with Gasteiger partial charge in [0.2, 0.25) is 0 Å². The van der Waals surface area contributed by atoms with Crippen molar-refractivity contribution in [3.63, 3.8) is 0 Å². The van der Waals surface area contributed by atoms with E-state index in [1.165, 1.54) is 24.5 Å². The van der Waals surface area contributed by atoms with Gasteiger partial charge in [-0.25, -0.2) is 13.2 Å². The number of amides is 1. The molecule has 1 amide bonds. The highest BCUT2D eigenvalue weighted by atomic mass is 19.1. The summed E-state index contributed by atoms with van der Waals surface area (Å²) in [5.74, 6) is -1.79. The van der Waals surface area contributed by atoms with Gasteiger partial charge >= 0.3 is 0 Å². The number of aromatic nitrogens is 2. The summed E-state index contributed by atoms with van der Waals surface area (Å²) in [7, 11) is 0. The minimum atomic E-state index is -0.922. The van der Waals surface area contributed by atoms with Crippen LogP contribution >= 0.6 is 0 Å². The standard InChI is InChI=1S/C27H28F3N5O/c1-16-5-18(6-17(2)34-16)11-32-26(36)24-14-31-13-23(19-7-20(28)9-21(29)8-19)25(24)35-4-3-27(15-35)10-22(30)12-33-27/h5-9,13-14,22,33H,3-4,10-12,15H2,1-2H3,(H,32,36)/t22-,27?/m1/s1. The van der Waals surface area contributed by atoms with Gasteiger partial charge in [0.1, 0.15) is 17.8 Å². The third-order valence-corrected chi connectivity index (χ3v) is 6.91. The van der Waals surface area contributed by atoms with E-state index in [0.29, 0.717) is 49.3 Å². The first-order chi connectivity index (χ1) is 17.2. The smallest absolute Gasteiger partial charge is 0.255 e. The second-order valence-electron chi connectivity index (χ2n) is 9.82. The number of halogens is 3. The van der Waals surface area contributed by atoms with E-state index in [-0.39, 0.29) is 18.0 Å². The predicted molar refractivity (Wildman–Crippen MR) is 132 cm³/mol. The summed E-state index contributed by atoms with van der Waals surface area (Å²) in [6, 6.07) is 7.07. The highest BCUT2D eigenvalue weighted by Gasteiger charge is 2.45. The third kappa shape index (κ3) is 4.93. The Morgan fingerprint density at radius 3 is 2.53 bits per heavy atom. The molecule has 1 aromatic carbocycles. The van der Waals surface area contributed by atoms with Crippen LogP contribution in [0.1, 0.15) is 40.2 Å². The van der Waals surface area contributed by atoms with Gasteiger partial charge in [-0.3, -0.25) is 14.8 Å². The minimum Gasteiger partial charge on any atom is -0.368 e. The molecular weight excluding hydrogens is 467 g/mol. The number of anilines is 1. The van der Waals surface area contributed by atoms with Crippen molar-refractivity contribution in [3.05, 3.63) is 76.9 Å². The van der Waals surface area contributed by atoms with Crippen LogP contribution in [-0.4, -0.2) is 47.2 Å². The Morgan fingerprint density at radius 2 is 1.86 bits per heavy atom. The quantitative estimate of drug-likeness (QED) is 0.554. The van der Waals surface area contributed by atoms with Crippen LogP contribution in [0.4, 0.5) is 18.9 Å². The molecule has 6 nitrogen and oxygen atoms in total. The minimum absolute atomic E-state index is 0.286. The molecule has 2 aliphatic heterocycles. The highest BCUT2D eigenvalue weighted by Crippen LogP contribution is 2.40. The summed E-state index contributed by atoms with van der Waals surface area (Å²) in [6.07, 6.45) is 3.15. The lowest BCUT2D eigenvalue weighted by Gasteiger charge is -2.28. The maximum atomic E-state index is 14.1. The number of hydrogen-bond acceptors (Lipinski definition) is 5. The lowest BCUT2D eigenvalue weighted by atomic mass is 9.96. The van der Waals surface area contributed by atoms with E-state index < -0.39 is 23.3 Å². The molecule has 2 N–H and O–H groups in total. The van der Waals surface area contributed by atoms with Crippen molar-refractivity contribution in [2.45, 2.75) is 44.9 Å². The van der Waals surface area contributed by atoms with Crippen molar-refractivity contribution in [2.24, 2.45) is 0 Å². The molecule has 0 radical (unpaired) electrons. The second-order valence-corrected chi connectivity index (χ2v) is 9.82. The molecule has 5 rings (SSSR count). The normalized spacial score (nSPS) is 21.4. The summed E-state index contributed by atoms with van der Waals surface area (Å²) in [5, 5.41) is 6.25. The fraction of sp³-hybridized carbons (Fsp3) is 0.370. The van der Waals surface area contributed by atoms with E-state index in [2.05, 4.69) is 20.6 Å². The Labute approximate surface area is 208 Å². The number of benzene rings is 1. The first-order valence-electron chi connectivity index (χ1n) is 12.0. The topological polar surface area (TPSA) is 70.2 Å². The molecule has 36 heavy (non-hydrogen) atoms. The molecule has 2 aliphatic rings. The van der Waals surface area contributed by atoms with Crippen LogP contribution in [0.3, 0.4) is 0 Å². The summed E-state index contributed by atoms with van der Waals surface area (Å²) in [6.45, 7) is 5.41. The maximum absolute atomic E-state index is 14.1. The van der Waals surface area contributed by atoms with Gasteiger partial charge in [-0.1, -0.05) is 0 Å². The maximum Gasteiger partial charge on any atom is 0.255 e. The molecular formula is C27H28F3N5O. The summed E-state index contributed by atoms with van der Waals surface area (Å²) in [4.78, 5) is 24.0. The average Bonchev–Trinajstić information content (AvgIpc) is 3.40. The van der Waals surface area contributed by atoms with E-state index >= 15 is 0 Å². The van der Waals surface area contributed by atoms with Crippen molar-refractivity contribution < 1.29 is 18.0 Å². The molecule has 1 unspecified atom stereocenters. The van der Waals surface area contributed by atoms with Gasteiger partial charge in [0.05, 0.1) is 11.3 Å². The van der Waals surface area contributed by atoms with Gasteiger partial charge < -0.3 is 15.5 Å². The molecule has 0 saturated carbocycles. The van der Waals surface area contributed by atoms with E-state index in [9.17, 15) is 18.0 Å². The summed E-state index contributed by atoms with van der Waals surface area (Å²) >= 11 is 0. The molecule has 9 heteroatoms. The van der Waals surface area contributed by atoms with Gasteiger partial charge in [-0.2, -0.15) is 0 Å². The first-order valence-corrected chi connectivity index (χ1v) is 12.0. The fourth-order valence-electron chi connectivity index (χ4n) is 5.45. The Hall–Kier alpha value is -3.46. The van der Waals surface area contributed by atoms with E-state index in [1.807, 2.05) is 30.9 Å². The summed E-state index contributed by atoms with van der Waals surface area (Å²) < 4.78 is 42.3. The van der Waals surface area contributed by atoms with Crippen LogP contribution in [-0.2, 0) is 6.54 Å². The Kier molecular flexibility index (Phi) is 6.42. The van der Waals surface area contributed by atoms with E-state index in [1.54, 1.807) is 0 Å². The van der Waals surface area contributed by atoms with Crippen LogP contribution in [0.2, 0.25) is 0 Å². The van der Waals surface area contributed by atoms with Crippen LogP contribution in [0.15, 0.2) is 42.7 Å². The molecule has 0 bridgehead atoms. The number of alkyl halides is 1. The molecule has 2 aromatic heterocycles. The van der Waals surface area contributed by atoms with E-state index in [0.717, 1.165) is 23.0 Å². The molecule has 2 atom stereocenters. The SMILES string of the molecule is Cc1cc(CNC(=O)c2cncc(-c3cc(F)cc(F)c3)c2N2CCC3(C[C@@H](F)CN3)C2)cc(C)n1. The number of carbonyl (C=O) groups excluding carboxylic acids is 1. The van der Waals surface area contributed by atoms with Crippen molar-refractivity contribution in [3.8, 4) is 11.1 Å². The van der Waals surface area contributed by atoms with Crippen molar-refractivity contribution in [2.75, 3.05) is 24.5 Å². The van der Waals surface area contributed by atoms with Crippen molar-refractivity contribution in [1.82, 2.24) is 20.6 Å². The lowest BCUT2D eigenvalue weighted by Crippen LogP contribution is -2.42. The molecule has 0 aliphatic carbocycles. The largest absolute Gasteiger partial charge is 0.368 e. The Bertz CT molecular complexity index is 1280.